The number of imide groups is 1. The van der Waals surface area contributed by atoms with Crippen molar-refractivity contribution in [3.05, 3.63) is 70.4 Å². The minimum Gasteiger partial charge on any atom is -0.366 e. The molecule has 0 spiro atoms. The van der Waals surface area contributed by atoms with E-state index in [0.29, 0.717) is 29.6 Å². The molecule has 4 nitrogen and oxygen atoms in total. The van der Waals surface area contributed by atoms with Gasteiger partial charge in [0.25, 0.3) is 11.8 Å². The Bertz CT molecular complexity index is 1060. The summed E-state index contributed by atoms with van der Waals surface area (Å²) < 4.78 is 39.6. The van der Waals surface area contributed by atoms with Gasteiger partial charge >= 0.3 is 6.18 Å². The second kappa shape index (κ2) is 8.04. The van der Waals surface area contributed by atoms with Crippen LogP contribution in [0.15, 0.2) is 54.2 Å². The van der Waals surface area contributed by atoms with Gasteiger partial charge < -0.3 is 4.90 Å². The van der Waals surface area contributed by atoms with Crippen molar-refractivity contribution in [1.29, 1.82) is 0 Å². The maximum Gasteiger partial charge on any atom is 0.416 e. The van der Waals surface area contributed by atoms with Crippen LogP contribution in [0.25, 0.3) is 5.57 Å². The quantitative estimate of drug-likeness (QED) is 0.592. The van der Waals surface area contributed by atoms with Gasteiger partial charge in [-0.05, 0) is 54.7 Å². The number of anilines is 1. The number of rotatable bonds is 3. The maximum atomic E-state index is 13.4. The van der Waals surface area contributed by atoms with Crippen LogP contribution in [0.2, 0.25) is 5.02 Å². The van der Waals surface area contributed by atoms with Gasteiger partial charge in [-0.1, -0.05) is 36.7 Å². The number of hydrogen-bond acceptors (Lipinski definition) is 3. The predicted molar refractivity (Wildman–Crippen MR) is 112 cm³/mol. The molecule has 2 aliphatic rings. The Kier molecular flexibility index (Phi) is 5.56. The molecule has 1 saturated heterocycles. The summed E-state index contributed by atoms with van der Waals surface area (Å²) in [7, 11) is 0. The molecule has 162 valence electrons. The minimum atomic E-state index is -4.58. The lowest BCUT2D eigenvalue weighted by Gasteiger charge is -2.32. The summed E-state index contributed by atoms with van der Waals surface area (Å²) in [6, 6.07) is 10.8. The Balaban J connectivity index is 1.80. The Labute approximate surface area is 182 Å². The second-order valence-electron chi connectivity index (χ2n) is 7.89. The van der Waals surface area contributed by atoms with E-state index in [4.69, 9.17) is 11.6 Å². The van der Waals surface area contributed by atoms with Gasteiger partial charge in [0.15, 0.2) is 0 Å². The Morgan fingerprint density at radius 3 is 2.23 bits per heavy atom. The number of hydrogen-bond donors (Lipinski definition) is 0. The van der Waals surface area contributed by atoms with Gasteiger partial charge in [0.05, 0.1) is 16.8 Å². The number of benzene rings is 2. The summed E-state index contributed by atoms with van der Waals surface area (Å²) in [5.74, 6) is -0.744. The summed E-state index contributed by atoms with van der Waals surface area (Å²) in [6.45, 7) is 3.33. The van der Waals surface area contributed by atoms with E-state index in [2.05, 4.69) is 6.92 Å². The van der Waals surface area contributed by atoms with E-state index in [1.165, 1.54) is 12.1 Å². The van der Waals surface area contributed by atoms with E-state index >= 15 is 0 Å². The van der Waals surface area contributed by atoms with Gasteiger partial charge in [-0.3, -0.25) is 9.59 Å². The van der Waals surface area contributed by atoms with Crippen LogP contribution in [0, 0.1) is 5.92 Å². The van der Waals surface area contributed by atoms with Crippen molar-refractivity contribution in [2.75, 3.05) is 18.0 Å². The van der Waals surface area contributed by atoms with Crippen LogP contribution in [0.1, 0.15) is 30.9 Å². The van der Waals surface area contributed by atoms with Crippen molar-refractivity contribution in [3.8, 4) is 0 Å². The van der Waals surface area contributed by atoms with E-state index in [1.807, 2.05) is 4.90 Å². The molecule has 2 heterocycles. The fourth-order valence-corrected chi connectivity index (χ4v) is 4.10. The van der Waals surface area contributed by atoms with Crippen molar-refractivity contribution in [1.82, 2.24) is 4.90 Å². The highest BCUT2D eigenvalue weighted by Crippen LogP contribution is 2.38. The standard InChI is InChI=1S/C23H20ClF3N2O2/c1-14-9-11-28(12-10-14)20-19(15-5-7-17(24)8-6-15)21(30)29(22(20)31)18-4-2-3-16(13-18)23(25,26)27/h2-8,13-14H,9-12H2,1H3. The minimum absolute atomic E-state index is 0.100. The summed E-state index contributed by atoms with van der Waals surface area (Å²) in [5, 5.41) is 0.476. The fourth-order valence-electron chi connectivity index (χ4n) is 3.98. The number of likely N-dealkylation sites (tertiary alicyclic amines) is 1. The summed E-state index contributed by atoms with van der Waals surface area (Å²) in [4.78, 5) is 29.5. The molecule has 31 heavy (non-hydrogen) atoms. The molecule has 2 aliphatic heterocycles. The molecule has 0 aliphatic carbocycles. The van der Waals surface area contributed by atoms with Crippen LogP contribution in [-0.4, -0.2) is 29.8 Å². The topological polar surface area (TPSA) is 40.6 Å². The lowest BCUT2D eigenvalue weighted by molar-refractivity contribution is -0.137. The summed E-state index contributed by atoms with van der Waals surface area (Å²) >= 11 is 5.97. The molecular formula is C23H20ClF3N2O2. The zero-order valence-corrected chi connectivity index (χ0v) is 17.5. The van der Waals surface area contributed by atoms with Crippen LogP contribution in [0.5, 0.6) is 0 Å². The third-order valence-corrected chi connectivity index (χ3v) is 5.98. The number of piperidine rings is 1. The molecule has 0 aromatic heterocycles. The highest BCUT2D eigenvalue weighted by Gasteiger charge is 2.43. The molecule has 2 aromatic rings. The van der Waals surface area contributed by atoms with Gasteiger partial charge in [-0.15, -0.1) is 0 Å². The third-order valence-electron chi connectivity index (χ3n) is 5.72. The van der Waals surface area contributed by atoms with Crippen LogP contribution in [0.3, 0.4) is 0 Å². The highest BCUT2D eigenvalue weighted by molar-refractivity contribution is 6.45. The van der Waals surface area contributed by atoms with Gasteiger partial charge in [-0.2, -0.15) is 13.2 Å². The molecule has 0 unspecified atom stereocenters. The average Bonchev–Trinajstić information content (AvgIpc) is 2.99. The van der Waals surface area contributed by atoms with Gasteiger partial charge in [0, 0.05) is 18.1 Å². The van der Waals surface area contributed by atoms with Crippen molar-refractivity contribution >= 4 is 34.7 Å². The van der Waals surface area contributed by atoms with Crippen molar-refractivity contribution in [3.63, 3.8) is 0 Å². The van der Waals surface area contributed by atoms with E-state index in [1.54, 1.807) is 24.3 Å². The molecule has 0 N–H and O–H groups in total. The summed E-state index contributed by atoms with van der Waals surface area (Å²) in [6.07, 6.45) is -2.86. The molecule has 0 radical (unpaired) electrons. The van der Waals surface area contributed by atoms with E-state index in [9.17, 15) is 22.8 Å². The Hall–Kier alpha value is -2.80. The number of alkyl halides is 3. The van der Waals surface area contributed by atoms with Gasteiger partial charge in [0.1, 0.15) is 5.70 Å². The maximum absolute atomic E-state index is 13.4. The third kappa shape index (κ3) is 4.06. The number of halogens is 4. The number of amides is 2. The first-order valence-electron chi connectivity index (χ1n) is 9.98. The van der Waals surface area contributed by atoms with Crippen LogP contribution in [-0.2, 0) is 15.8 Å². The molecule has 2 aromatic carbocycles. The first kappa shape index (κ1) is 21.4. The van der Waals surface area contributed by atoms with Crippen LogP contribution < -0.4 is 4.90 Å². The predicted octanol–water partition coefficient (Wildman–Crippen LogP) is 5.38. The lowest BCUT2D eigenvalue weighted by Crippen LogP contribution is -2.38. The molecule has 4 rings (SSSR count). The highest BCUT2D eigenvalue weighted by atomic mass is 35.5. The van der Waals surface area contributed by atoms with Gasteiger partial charge in [-0.25, -0.2) is 4.90 Å². The Morgan fingerprint density at radius 2 is 1.61 bits per heavy atom. The average molecular weight is 449 g/mol. The lowest BCUT2D eigenvalue weighted by atomic mass is 9.97. The molecule has 0 saturated carbocycles. The summed E-state index contributed by atoms with van der Waals surface area (Å²) in [5.41, 5.74) is -0.0910. The van der Waals surface area contributed by atoms with Gasteiger partial charge in [0.2, 0.25) is 0 Å². The number of carbonyl (C=O) groups excluding carboxylic acids is 2. The first-order valence-corrected chi connectivity index (χ1v) is 10.4. The fraction of sp³-hybridized carbons (Fsp3) is 0.304. The largest absolute Gasteiger partial charge is 0.416 e. The van der Waals surface area contributed by atoms with Crippen molar-refractivity contribution < 1.29 is 22.8 Å². The van der Waals surface area contributed by atoms with E-state index < -0.39 is 23.6 Å². The van der Waals surface area contributed by atoms with E-state index in [0.717, 1.165) is 29.9 Å². The van der Waals surface area contributed by atoms with E-state index in [-0.39, 0.29) is 17.0 Å². The monoisotopic (exact) mass is 448 g/mol. The van der Waals surface area contributed by atoms with Crippen molar-refractivity contribution in [2.24, 2.45) is 5.92 Å². The molecule has 0 atom stereocenters. The van der Waals surface area contributed by atoms with Crippen LogP contribution in [0.4, 0.5) is 18.9 Å². The Morgan fingerprint density at radius 1 is 0.968 bits per heavy atom. The molecule has 0 bridgehead atoms. The molecular weight excluding hydrogens is 429 g/mol. The number of nitrogens with zero attached hydrogens (tertiary/aromatic N) is 2. The SMILES string of the molecule is CC1CCN(C2=C(c3ccc(Cl)cc3)C(=O)N(c3cccc(C(F)(F)F)c3)C2=O)CC1. The molecule has 8 heteroatoms. The van der Waals surface area contributed by atoms with Crippen molar-refractivity contribution in [2.45, 2.75) is 25.9 Å². The zero-order valence-electron chi connectivity index (χ0n) is 16.7. The smallest absolute Gasteiger partial charge is 0.366 e. The van der Waals surface area contributed by atoms with Crippen LogP contribution >= 0.6 is 11.6 Å². The molecule has 2 amide bonds. The second-order valence-corrected chi connectivity index (χ2v) is 8.33. The first-order chi connectivity index (χ1) is 14.7. The zero-order chi connectivity index (χ0) is 22.3. The normalized spacial score (nSPS) is 18.4. The molecule has 1 fully saturated rings. The number of carbonyl (C=O) groups is 2.